The minimum Gasteiger partial charge on any atom is -0.323 e. The molecule has 0 aromatic heterocycles. The molecule has 0 heterocycles. The highest BCUT2D eigenvalue weighted by Gasteiger charge is 2.05. The Morgan fingerprint density at radius 1 is 1.58 bits per heavy atom. The van der Waals surface area contributed by atoms with Crippen molar-refractivity contribution in [2.24, 2.45) is 11.1 Å². The molecule has 0 rings (SSSR count). The summed E-state index contributed by atoms with van der Waals surface area (Å²) in [5.74, 6) is 0.282. The molecule has 0 aliphatic heterocycles. The van der Waals surface area contributed by atoms with E-state index in [0.717, 1.165) is 5.04 Å². The number of hydrogen-bond donors (Lipinski definition) is 1. The zero-order valence-corrected chi connectivity index (χ0v) is 8.57. The van der Waals surface area contributed by atoms with Crippen molar-refractivity contribution in [2.45, 2.75) is 13.8 Å². The molecule has 0 aromatic rings. The third kappa shape index (κ3) is 4.23. The van der Waals surface area contributed by atoms with Gasteiger partial charge in [-0.05, 0) is 6.26 Å². The van der Waals surface area contributed by atoms with Gasteiger partial charge >= 0.3 is 6.09 Å². The number of nitrogens with one attached hydrogen (secondary N) is 1. The van der Waals surface area contributed by atoms with Crippen LogP contribution in [0.3, 0.4) is 0 Å². The van der Waals surface area contributed by atoms with Crippen molar-refractivity contribution in [1.29, 1.82) is 0 Å². The molecule has 0 atom stereocenters. The van der Waals surface area contributed by atoms with Gasteiger partial charge in [0.25, 0.3) is 0 Å². The van der Waals surface area contributed by atoms with E-state index in [-0.39, 0.29) is 5.92 Å². The molecule has 1 N–H and O–H groups in total. The predicted octanol–water partition coefficient (Wildman–Crippen LogP) is 1.67. The van der Waals surface area contributed by atoms with Gasteiger partial charge in [0.1, 0.15) is 5.04 Å². The van der Waals surface area contributed by atoms with E-state index in [0.29, 0.717) is 0 Å². The van der Waals surface area contributed by atoms with Crippen LogP contribution in [-0.4, -0.2) is 24.4 Å². The van der Waals surface area contributed by atoms with Crippen molar-refractivity contribution in [3.05, 3.63) is 0 Å². The summed E-state index contributed by atoms with van der Waals surface area (Å²) in [5, 5.41) is 6.79. The van der Waals surface area contributed by atoms with Gasteiger partial charge in [0, 0.05) is 13.0 Å². The number of carbonyl (C=O) groups excluding carboxylic acids is 1. The Labute approximate surface area is 76.7 Å². The molecular weight excluding hydrogens is 176 g/mol. The maximum Gasteiger partial charge on any atom is 0.433 e. The SMILES string of the molecule is CNC(=O)O/N=C(\SC)C(C)C. The number of amides is 1. The summed E-state index contributed by atoms with van der Waals surface area (Å²) in [4.78, 5) is 15.1. The van der Waals surface area contributed by atoms with Crippen molar-refractivity contribution >= 4 is 22.9 Å². The highest BCUT2D eigenvalue weighted by molar-refractivity contribution is 8.13. The molecule has 1 amide bonds. The summed E-state index contributed by atoms with van der Waals surface area (Å²) in [6.07, 6.45) is 1.36. The summed E-state index contributed by atoms with van der Waals surface area (Å²) in [6.45, 7) is 3.98. The molecule has 70 valence electrons. The van der Waals surface area contributed by atoms with E-state index < -0.39 is 6.09 Å². The van der Waals surface area contributed by atoms with E-state index in [2.05, 4.69) is 15.3 Å². The lowest BCUT2D eigenvalue weighted by Crippen LogP contribution is -2.17. The van der Waals surface area contributed by atoms with Crippen LogP contribution in [0.1, 0.15) is 13.8 Å². The molecule has 0 bridgehead atoms. The minimum atomic E-state index is -0.540. The number of rotatable bonds is 2. The van der Waals surface area contributed by atoms with E-state index in [1.807, 2.05) is 20.1 Å². The number of oxime groups is 1. The summed E-state index contributed by atoms with van der Waals surface area (Å²) in [6, 6.07) is 0. The van der Waals surface area contributed by atoms with Crippen LogP contribution in [0.2, 0.25) is 0 Å². The smallest absolute Gasteiger partial charge is 0.323 e. The fraction of sp³-hybridized carbons (Fsp3) is 0.714. The number of carbonyl (C=O) groups is 1. The first kappa shape index (κ1) is 11.3. The molecule has 0 spiro atoms. The standard InChI is InChI=1S/C7H14N2O2S/c1-5(2)6(12-4)9-11-7(10)8-3/h5H,1-4H3,(H,8,10)/b9-6-. The van der Waals surface area contributed by atoms with Crippen LogP contribution < -0.4 is 5.32 Å². The Bertz CT molecular complexity index is 180. The van der Waals surface area contributed by atoms with Crippen LogP contribution in [0.15, 0.2) is 5.16 Å². The predicted molar refractivity (Wildman–Crippen MR) is 51.3 cm³/mol. The highest BCUT2D eigenvalue weighted by Crippen LogP contribution is 2.09. The van der Waals surface area contributed by atoms with E-state index in [9.17, 15) is 4.79 Å². The summed E-state index contributed by atoms with van der Waals surface area (Å²) in [7, 11) is 1.49. The zero-order chi connectivity index (χ0) is 9.56. The number of nitrogens with zero attached hydrogens (tertiary/aromatic N) is 1. The first-order valence-corrected chi connectivity index (χ1v) is 4.84. The van der Waals surface area contributed by atoms with Gasteiger partial charge in [0.05, 0.1) is 0 Å². The molecule has 0 aliphatic carbocycles. The molecule has 12 heavy (non-hydrogen) atoms. The Morgan fingerprint density at radius 3 is 2.50 bits per heavy atom. The third-order valence-corrected chi connectivity index (χ3v) is 2.09. The fourth-order valence-electron chi connectivity index (χ4n) is 0.510. The Morgan fingerprint density at radius 2 is 2.17 bits per heavy atom. The lowest BCUT2D eigenvalue weighted by Gasteiger charge is -2.04. The van der Waals surface area contributed by atoms with Crippen LogP contribution in [0.4, 0.5) is 4.79 Å². The van der Waals surface area contributed by atoms with Crippen molar-refractivity contribution in [3.63, 3.8) is 0 Å². The molecule has 0 saturated carbocycles. The topological polar surface area (TPSA) is 50.7 Å². The van der Waals surface area contributed by atoms with Crippen molar-refractivity contribution < 1.29 is 9.63 Å². The third-order valence-electron chi connectivity index (χ3n) is 1.13. The molecule has 0 unspecified atom stereocenters. The summed E-state index contributed by atoms with van der Waals surface area (Å²) >= 11 is 1.48. The summed E-state index contributed by atoms with van der Waals surface area (Å²) in [5.41, 5.74) is 0. The molecule has 0 radical (unpaired) electrons. The number of thioether (sulfide) groups is 1. The molecule has 0 saturated heterocycles. The lowest BCUT2D eigenvalue weighted by atomic mass is 10.2. The average Bonchev–Trinajstić information content (AvgIpc) is 2.04. The molecule has 0 aromatic carbocycles. The van der Waals surface area contributed by atoms with Gasteiger partial charge in [0.15, 0.2) is 0 Å². The normalized spacial score (nSPS) is 11.6. The van der Waals surface area contributed by atoms with Gasteiger partial charge in [-0.2, -0.15) is 0 Å². The fourth-order valence-corrected chi connectivity index (χ4v) is 1.09. The van der Waals surface area contributed by atoms with Gasteiger partial charge in [0.2, 0.25) is 0 Å². The van der Waals surface area contributed by atoms with E-state index >= 15 is 0 Å². The quantitative estimate of drug-likeness (QED) is 0.312. The van der Waals surface area contributed by atoms with E-state index in [1.165, 1.54) is 18.8 Å². The first-order chi connectivity index (χ1) is 5.61. The maximum absolute atomic E-state index is 10.6. The maximum atomic E-state index is 10.6. The lowest BCUT2D eigenvalue weighted by molar-refractivity contribution is 0.153. The van der Waals surface area contributed by atoms with Crippen molar-refractivity contribution in [3.8, 4) is 0 Å². The Kier molecular flexibility index (Phi) is 5.53. The summed E-state index contributed by atoms with van der Waals surface area (Å²) < 4.78 is 0. The van der Waals surface area contributed by atoms with Gasteiger partial charge in [-0.15, -0.1) is 11.8 Å². The van der Waals surface area contributed by atoms with E-state index in [1.54, 1.807) is 0 Å². The first-order valence-electron chi connectivity index (χ1n) is 3.62. The van der Waals surface area contributed by atoms with E-state index in [4.69, 9.17) is 0 Å². The molecular formula is C7H14N2O2S. The van der Waals surface area contributed by atoms with Crippen LogP contribution in [0.5, 0.6) is 0 Å². The largest absolute Gasteiger partial charge is 0.433 e. The second-order valence-corrected chi connectivity index (χ2v) is 3.24. The van der Waals surface area contributed by atoms with Crippen LogP contribution in [-0.2, 0) is 4.84 Å². The van der Waals surface area contributed by atoms with Crippen LogP contribution in [0, 0.1) is 5.92 Å². The molecule has 0 fully saturated rings. The van der Waals surface area contributed by atoms with Gasteiger partial charge in [-0.3, -0.25) is 4.84 Å². The van der Waals surface area contributed by atoms with Crippen LogP contribution in [0.25, 0.3) is 0 Å². The zero-order valence-electron chi connectivity index (χ0n) is 7.75. The second kappa shape index (κ2) is 5.88. The van der Waals surface area contributed by atoms with Crippen molar-refractivity contribution in [2.75, 3.05) is 13.3 Å². The van der Waals surface area contributed by atoms with Gasteiger partial charge in [-0.1, -0.05) is 19.0 Å². The molecule has 4 nitrogen and oxygen atoms in total. The van der Waals surface area contributed by atoms with Gasteiger partial charge in [-0.25, -0.2) is 4.79 Å². The highest BCUT2D eigenvalue weighted by atomic mass is 32.2. The molecule has 5 heteroatoms. The van der Waals surface area contributed by atoms with Gasteiger partial charge < -0.3 is 5.32 Å². The Hall–Kier alpha value is -0.710. The van der Waals surface area contributed by atoms with Crippen molar-refractivity contribution in [1.82, 2.24) is 5.32 Å². The van der Waals surface area contributed by atoms with Crippen LogP contribution >= 0.6 is 11.8 Å². The average molecular weight is 190 g/mol. The molecule has 0 aliphatic rings. The monoisotopic (exact) mass is 190 g/mol. The Balaban J connectivity index is 4.03. The minimum absolute atomic E-state index is 0.282. The second-order valence-electron chi connectivity index (χ2n) is 2.42. The number of hydrogen-bond acceptors (Lipinski definition) is 4.